The lowest BCUT2D eigenvalue weighted by Gasteiger charge is -2.18. The molecule has 67 valence electrons. The summed E-state index contributed by atoms with van der Waals surface area (Å²) in [6, 6.07) is 0. The minimum absolute atomic E-state index is 0.639. The molecule has 0 saturated carbocycles. The van der Waals surface area contributed by atoms with Crippen molar-refractivity contribution in [3.05, 3.63) is 0 Å². The van der Waals surface area contributed by atoms with Crippen LogP contribution < -0.4 is 5.32 Å². The smallest absolute Gasteiger partial charge is 0.235 e. The van der Waals surface area contributed by atoms with Crippen molar-refractivity contribution in [2.24, 2.45) is 0 Å². The van der Waals surface area contributed by atoms with E-state index in [1.54, 1.807) is 0 Å². The molecule has 0 aromatic carbocycles. The van der Waals surface area contributed by atoms with Crippen LogP contribution in [0.4, 0.5) is 0 Å². The van der Waals surface area contributed by atoms with Gasteiger partial charge in [0.2, 0.25) is 12.8 Å². The second kappa shape index (κ2) is 6.51. The monoisotopic (exact) mass is 164 g/mol. The first-order chi connectivity index (χ1) is 5.28. The van der Waals surface area contributed by atoms with Crippen LogP contribution in [0.15, 0.2) is 0 Å². The summed E-state index contributed by atoms with van der Waals surface area (Å²) in [6.07, 6.45) is -1.28. The van der Waals surface area contributed by atoms with Gasteiger partial charge in [0, 0.05) is 28.4 Å². The normalized spacial score (nSPS) is 11.5. The van der Waals surface area contributed by atoms with Crippen LogP contribution in [0.25, 0.3) is 0 Å². The molecule has 0 bridgehead atoms. The van der Waals surface area contributed by atoms with Crippen molar-refractivity contribution in [1.29, 1.82) is 0 Å². The number of hydrogen-bond acceptors (Lipinski definition) is 4. The molecule has 0 aliphatic heterocycles. The maximum absolute atomic E-state index is 4.78. The number of nitrogens with zero attached hydrogens (tertiary/aromatic N) is 1. The zero-order valence-corrected chi connectivity index (χ0v) is 7.23. The molecule has 0 aliphatic rings. The molecule has 0 saturated heterocycles. The Morgan fingerprint density at radius 2 is 1.00 bits per heavy atom. The van der Waals surface area contributed by atoms with Crippen molar-refractivity contribution in [3.8, 4) is 0 Å². The first-order valence-corrected chi connectivity index (χ1v) is 3.09. The number of ether oxygens (including phenoxy) is 4. The second-order valence-electron chi connectivity index (χ2n) is 1.71. The van der Waals surface area contributed by atoms with Crippen molar-refractivity contribution in [3.63, 3.8) is 0 Å². The molecule has 0 aromatic heterocycles. The molecular formula is C6H14NO4. The lowest BCUT2D eigenvalue weighted by Crippen LogP contribution is -2.36. The van der Waals surface area contributed by atoms with Gasteiger partial charge in [0.15, 0.2) is 0 Å². The molecule has 1 radical (unpaired) electrons. The average molecular weight is 164 g/mol. The highest BCUT2D eigenvalue weighted by Crippen LogP contribution is 1.94. The van der Waals surface area contributed by atoms with Crippen LogP contribution in [0.1, 0.15) is 0 Å². The number of hydrogen-bond donors (Lipinski definition) is 0. The van der Waals surface area contributed by atoms with Crippen molar-refractivity contribution >= 4 is 0 Å². The van der Waals surface area contributed by atoms with Gasteiger partial charge in [-0.05, 0) is 0 Å². The molecule has 0 spiro atoms. The standard InChI is InChI=1S/C6H14NO4/c1-8-5(9-2)7-6(10-3)11-4/h5-6H,1-4H3. The van der Waals surface area contributed by atoms with E-state index in [1.807, 2.05) is 0 Å². The third-order valence-electron chi connectivity index (χ3n) is 1.05. The van der Waals surface area contributed by atoms with Gasteiger partial charge in [-0.15, -0.1) is 5.32 Å². The summed E-state index contributed by atoms with van der Waals surface area (Å²) >= 11 is 0. The Kier molecular flexibility index (Phi) is 6.39. The summed E-state index contributed by atoms with van der Waals surface area (Å²) in [7, 11) is 5.94. The molecule has 11 heavy (non-hydrogen) atoms. The lowest BCUT2D eigenvalue weighted by atomic mass is 10.9. The van der Waals surface area contributed by atoms with Gasteiger partial charge in [-0.25, -0.2) is 0 Å². The fraction of sp³-hybridized carbons (Fsp3) is 1.00. The molecule has 0 aromatic rings. The molecule has 0 fully saturated rings. The zero-order valence-electron chi connectivity index (χ0n) is 7.23. The van der Waals surface area contributed by atoms with E-state index in [2.05, 4.69) is 5.32 Å². The molecule has 0 heterocycles. The first-order valence-electron chi connectivity index (χ1n) is 3.09. The molecule has 0 N–H and O–H groups in total. The Balaban J connectivity index is 3.58. The van der Waals surface area contributed by atoms with Gasteiger partial charge in [0.05, 0.1) is 0 Å². The van der Waals surface area contributed by atoms with E-state index in [0.29, 0.717) is 0 Å². The predicted molar refractivity (Wildman–Crippen MR) is 37.7 cm³/mol. The lowest BCUT2D eigenvalue weighted by molar-refractivity contribution is -0.209. The fourth-order valence-electron chi connectivity index (χ4n) is 0.535. The molecule has 5 heteroatoms. The molecule has 0 rings (SSSR count). The molecule has 0 atom stereocenters. The van der Waals surface area contributed by atoms with E-state index >= 15 is 0 Å². The van der Waals surface area contributed by atoms with Crippen molar-refractivity contribution in [2.75, 3.05) is 28.4 Å². The zero-order chi connectivity index (χ0) is 8.69. The summed E-state index contributed by atoms with van der Waals surface area (Å²) < 4.78 is 19.1. The highest BCUT2D eigenvalue weighted by atomic mass is 16.7. The molecular weight excluding hydrogens is 150 g/mol. The van der Waals surface area contributed by atoms with Crippen LogP contribution in [0, 0.1) is 0 Å². The topological polar surface area (TPSA) is 51.0 Å². The van der Waals surface area contributed by atoms with Gasteiger partial charge < -0.3 is 18.9 Å². The highest BCUT2D eigenvalue weighted by Gasteiger charge is 2.13. The van der Waals surface area contributed by atoms with E-state index in [-0.39, 0.29) is 0 Å². The Morgan fingerprint density at radius 3 is 1.18 bits per heavy atom. The maximum atomic E-state index is 4.78. The minimum atomic E-state index is -0.639. The van der Waals surface area contributed by atoms with E-state index in [9.17, 15) is 0 Å². The number of methoxy groups -OCH3 is 4. The molecule has 0 aliphatic carbocycles. The fourth-order valence-corrected chi connectivity index (χ4v) is 0.535. The van der Waals surface area contributed by atoms with Crippen LogP contribution in [0.5, 0.6) is 0 Å². The van der Waals surface area contributed by atoms with Crippen molar-refractivity contribution < 1.29 is 18.9 Å². The van der Waals surface area contributed by atoms with Gasteiger partial charge in [0.25, 0.3) is 0 Å². The largest absolute Gasteiger partial charge is 0.342 e. The van der Waals surface area contributed by atoms with Gasteiger partial charge in [0.1, 0.15) is 0 Å². The summed E-state index contributed by atoms with van der Waals surface area (Å²) in [6.45, 7) is 0. The van der Waals surface area contributed by atoms with Crippen LogP contribution in [0.3, 0.4) is 0 Å². The van der Waals surface area contributed by atoms with Crippen molar-refractivity contribution in [1.82, 2.24) is 5.32 Å². The summed E-state index contributed by atoms with van der Waals surface area (Å²) in [4.78, 5) is 0. The third kappa shape index (κ3) is 4.28. The Morgan fingerprint density at radius 1 is 0.727 bits per heavy atom. The molecule has 5 nitrogen and oxygen atoms in total. The Bertz CT molecular complexity index is 72.7. The molecule has 0 unspecified atom stereocenters. The van der Waals surface area contributed by atoms with Crippen LogP contribution >= 0.6 is 0 Å². The summed E-state index contributed by atoms with van der Waals surface area (Å²) in [5.41, 5.74) is 0. The third-order valence-corrected chi connectivity index (χ3v) is 1.05. The SMILES string of the molecule is COC([N]C(OC)OC)OC. The van der Waals surface area contributed by atoms with E-state index < -0.39 is 12.8 Å². The summed E-state index contributed by atoms with van der Waals surface area (Å²) in [5.74, 6) is 0. The van der Waals surface area contributed by atoms with Gasteiger partial charge in [-0.2, -0.15) is 0 Å². The Hall–Kier alpha value is -0.200. The highest BCUT2D eigenvalue weighted by molar-refractivity contribution is 4.38. The Labute approximate surface area is 66.6 Å². The van der Waals surface area contributed by atoms with Crippen LogP contribution in [0.2, 0.25) is 0 Å². The second-order valence-corrected chi connectivity index (χ2v) is 1.71. The first kappa shape index (κ1) is 10.8. The van der Waals surface area contributed by atoms with Crippen LogP contribution in [-0.2, 0) is 18.9 Å². The van der Waals surface area contributed by atoms with Gasteiger partial charge >= 0.3 is 0 Å². The molecule has 0 amide bonds. The maximum Gasteiger partial charge on any atom is 0.235 e. The average Bonchev–Trinajstić information content (AvgIpc) is 2.07. The van der Waals surface area contributed by atoms with Gasteiger partial charge in [-0.3, -0.25) is 0 Å². The van der Waals surface area contributed by atoms with E-state index in [1.165, 1.54) is 28.4 Å². The number of rotatable bonds is 6. The summed E-state index contributed by atoms with van der Waals surface area (Å²) in [5, 5.41) is 3.86. The minimum Gasteiger partial charge on any atom is -0.342 e. The quantitative estimate of drug-likeness (QED) is 0.508. The van der Waals surface area contributed by atoms with E-state index in [0.717, 1.165) is 0 Å². The van der Waals surface area contributed by atoms with E-state index in [4.69, 9.17) is 18.9 Å². The van der Waals surface area contributed by atoms with Gasteiger partial charge in [-0.1, -0.05) is 0 Å². The van der Waals surface area contributed by atoms with Crippen LogP contribution in [-0.4, -0.2) is 41.3 Å². The van der Waals surface area contributed by atoms with Crippen molar-refractivity contribution in [2.45, 2.75) is 12.8 Å². The predicted octanol–water partition coefficient (Wildman–Crippen LogP) is -0.256.